The second-order valence-corrected chi connectivity index (χ2v) is 7.13. The molecule has 128 valence electrons. The van der Waals surface area contributed by atoms with Gasteiger partial charge in [-0.05, 0) is 56.9 Å². The number of esters is 1. The molecule has 1 aromatic rings. The van der Waals surface area contributed by atoms with Gasteiger partial charge in [0, 0.05) is 17.0 Å². The summed E-state index contributed by atoms with van der Waals surface area (Å²) in [5, 5.41) is 0. The Balaban J connectivity index is 1.49. The van der Waals surface area contributed by atoms with Crippen molar-refractivity contribution in [3.8, 4) is 5.75 Å². The second kappa shape index (κ2) is 5.88. The van der Waals surface area contributed by atoms with Crippen LogP contribution in [0.5, 0.6) is 5.75 Å². The Morgan fingerprint density at radius 2 is 1.96 bits per heavy atom. The molecule has 0 amide bonds. The molecule has 1 aliphatic carbocycles. The average Bonchev–Trinajstić information content (AvgIpc) is 3.04. The van der Waals surface area contributed by atoms with Crippen LogP contribution >= 0.6 is 0 Å². The van der Waals surface area contributed by atoms with Crippen molar-refractivity contribution in [3.63, 3.8) is 0 Å². The van der Waals surface area contributed by atoms with Crippen molar-refractivity contribution in [1.29, 1.82) is 0 Å². The SMILES string of the molecule is COc1cc(F)cc2c1C(C(=O)OCC13CCN(CC1)CC3)=CC2. The number of ether oxygens (including phenoxy) is 2. The summed E-state index contributed by atoms with van der Waals surface area (Å²) in [6.07, 6.45) is 5.66. The summed E-state index contributed by atoms with van der Waals surface area (Å²) in [5.41, 5.74) is 2.12. The lowest BCUT2D eigenvalue weighted by Gasteiger charge is -2.47. The molecule has 0 spiro atoms. The van der Waals surface area contributed by atoms with Crippen molar-refractivity contribution in [2.24, 2.45) is 5.41 Å². The molecule has 3 aliphatic heterocycles. The van der Waals surface area contributed by atoms with E-state index in [1.54, 1.807) is 0 Å². The molecule has 5 rings (SSSR count). The van der Waals surface area contributed by atoms with E-state index in [0.29, 0.717) is 29.9 Å². The lowest BCUT2D eigenvalue weighted by molar-refractivity contribution is -0.143. The fourth-order valence-corrected chi connectivity index (χ4v) is 4.17. The molecular weight excluding hydrogens is 309 g/mol. The fourth-order valence-electron chi connectivity index (χ4n) is 4.17. The first-order valence-corrected chi connectivity index (χ1v) is 8.57. The summed E-state index contributed by atoms with van der Waals surface area (Å²) in [6, 6.07) is 2.78. The number of piperidine rings is 3. The largest absolute Gasteiger partial charge is 0.496 e. The van der Waals surface area contributed by atoms with E-state index in [1.165, 1.54) is 19.2 Å². The number of benzene rings is 1. The Morgan fingerprint density at radius 1 is 1.25 bits per heavy atom. The van der Waals surface area contributed by atoms with Gasteiger partial charge in [-0.1, -0.05) is 6.08 Å². The van der Waals surface area contributed by atoms with Gasteiger partial charge in [-0.25, -0.2) is 9.18 Å². The van der Waals surface area contributed by atoms with Crippen LogP contribution in [0.25, 0.3) is 5.57 Å². The molecule has 4 aliphatic rings. The minimum Gasteiger partial charge on any atom is -0.496 e. The molecule has 3 heterocycles. The maximum Gasteiger partial charge on any atom is 0.338 e. The molecule has 0 N–H and O–H groups in total. The quantitative estimate of drug-likeness (QED) is 0.795. The number of hydrogen-bond acceptors (Lipinski definition) is 4. The molecular formula is C19H22FNO3. The third kappa shape index (κ3) is 2.61. The van der Waals surface area contributed by atoms with Crippen LogP contribution in [0.2, 0.25) is 0 Å². The molecule has 0 saturated carbocycles. The van der Waals surface area contributed by atoms with Crippen molar-refractivity contribution in [2.45, 2.75) is 25.7 Å². The zero-order valence-electron chi connectivity index (χ0n) is 13.9. The van der Waals surface area contributed by atoms with Gasteiger partial charge in [-0.3, -0.25) is 0 Å². The number of carbonyl (C=O) groups excluding carboxylic acids is 1. The summed E-state index contributed by atoms with van der Waals surface area (Å²) in [7, 11) is 1.49. The van der Waals surface area contributed by atoms with Gasteiger partial charge in [0.25, 0.3) is 0 Å². The van der Waals surface area contributed by atoms with E-state index in [0.717, 1.165) is 44.5 Å². The minimum atomic E-state index is -0.346. The van der Waals surface area contributed by atoms with Gasteiger partial charge in [0.05, 0.1) is 19.3 Å². The molecule has 24 heavy (non-hydrogen) atoms. The molecule has 2 bridgehead atoms. The van der Waals surface area contributed by atoms with Crippen molar-refractivity contribution < 1.29 is 18.7 Å². The van der Waals surface area contributed by atoms with Crippen molar-refractivity contribution in [2.75, 3.05) is 33.4 Å². The lowest BCUT2D eigenvalue weighted by Crippen LogP contribution is -2.50. The Kier molecular flexibility index (Phi) is 3.83. The number of rotatable bonds is 4. The van der Waals surface area contributed by atoms with Crippen LogP contribution in [-0.2, 0) is 16.0 Å². The summed E-state index contributed by atoms with van der Waals surface area (Å²) in [4.78, 5) is 15.1. The number of carbonyl (C=O) groups is 1. The number of fused-ring (bicyclic) bond motifs is 4. The molecule has 3 saturated heterocycles. The highest BCUT2D eigenvalue weighted by molar-refractivity contribution is 6.19. The predicted octanol–water partition coefficient (Wildman–Crippen LogP) is 2.80. The van der Waals surface area contributed by atoms with Crippen molar-refractivity contribution in [3.05, 3.63) is 35.2 Å². The van der Waals surface area contributed by atoms with E-state index < -0.39 is 0 Å². The Bertz CT molecular complexity index is 691. The van der Waals surface area contributed by atoms with E-state index >= 15 is 0 Å². The third-order valence-corrected chi connectivity index (χ3v) is 5.77. The van der Waals surface area contributed by atoms with E-state index in [9.17, 15) is 9.18 Å². The standard InChI is InChI=1S/C19H22FNO3/c1-23-16-11-14(20)10-13-2-3-15(17(13)16)18(22)24-12-19-4-7-21(8-5-19)9-6-19/h3,10-11H,2,4-9,12H2,1H3. The smallest absolute Gasteiger partial charge is 0.338 e. The highest BCUT2D eigenvalue weighted by Gasteiger charge is 2.40. The van der Waals surface area contributed by atoms with Crippen LogP contribution < -0.4 is 4.74 Å². The minimum absolute atomic E-state index is 0.152. The topological polar surface area (TPSA) is 38.8 Å². The normalized spacial score (nSPS) is 27.6. The van der Waals surface area contributed by atoms with E-state index in [4.69, 9.17) is 9.47 Å². The molecule has 5 heteroatoms. The van der Waals surface area contributed by atoms with Crippen LogP contribution in [0.3, 0.4) is 0 Å². The van der Waals surface area contributed by atoms with Crippen LogP contribution in [0.4, 0.5) is 4.39 Å². The molecule has 3 fully saturated rings. The third-order valence-electron chi connectivity index (χ3n) is 5.77. The predicted molar refractivity (Wildman–Crippen MR) is 88.3 cm³/mol. The van der Waals surface area contributed by atoms with Crippen LogP contribution in [-0.4, -0.2) is 44.2 Å². The number of allylic oxidation sites excluding steroid dienone is 1. The summed E-state index contributed by atoms with van der Waals surface area (Å²) >= 11 is 0. The fraction of sp³-hybridized carbons (Fsp3) is 0.526. The summed E-state index contributed by atoms with van der Waals surface area (Å²) < 4.78 is 24.6. The zero-order valence-corrected chi connectivity index (χ0v) is 13.9. The van der Waals surface area contributed by atoms with Crippen LogP contribution in [0.1, 0.15) is 30.4 Å². The monoisotopic (exact) mass is 331 g/mol. The van der Waals surface area contributed by atoms with Gasteiger partial charge in [0.15, 0.2) is 0 Å². The molecule has 0 unspecified atom stereocenters. The van der Waals surface area contributed by atoms with Gasteiger partial charge >= 0.3 is 5.97 Å². The Hall–Kier alpha value is -1.88. The van der Waals surface area contributed by atoms with Gasteiger partial charge < -0.3 is 14.4 Å². The van der Waals surface area contributed by atoms with Crippen LogP contribution in [0.15, 0.2) is 18.2 Å². The van der Waals surface area contributed by atoms with Crippen molar-refractivity contribution in [1.82, 2.24) is 4.90 Å². The number of methoxy groups -OCH3 is 1. The highest BCUT2D eigenvalue weighted by atomic mass is 19.1. The number of halogens is 1. The number of nitrogens with zero attached hydrogens (tertiary/aromatic N) is 1. The van der Waals surface area contributed by atoms with Gasteiger partial charge in [-0.15, -0.1) is 0 Å². The molecule has 0 atom stereocenters. The maximum absolute atomic E-state index is 13.6. The maximum atomic E-state index is 13.6. The number of hydrogen-bond donors (Lipinski definition) is 0. The van der Waals surface area contributed by atoms with E-state index in [2.05, 4.69) is 4.90 Å². The Labute approximate surface area is 141 Å². The van der Waals surface area contributed by atoms with Crippen molar-refractivity contribution >= 4 is 11.5 Å². The van der Waals surface area contributed by atoms with E-state index in [1.807, 2.05) is 6.08 Å². The Morgan fingerprint density at radius 3 is 2.62 bits per heavy atom. The van der Waals surface area contributed by atoms with E-state index in [-0.39, 0.29) is 17.2 Å². The summed E-state index contributed by atoms with van der Waals surface area (Å²) in [6.45, 7) is 3.80. The first-order chi connectivity index (χ1) is 11.6. The molecule has 1 aromatic carbocycles. The van der Waals surface area contributed by atoms with Crippen LogP contribution in [0, 0.1) is 11.2 Å². The summed E-state index contributed by atoms with van der Waals surface area (Å²) in [5.74, 6) is -0.266. The molecule has 0 radical (unpaired) electrons. The first-order valence-electron chi connectivity index (χ1n) is 8.57. The zero-order chi connectivity index (χ0) is 16.7. The molecule has 0 aromatic heterocycles. The van der Waals surface area contributed by atoms with Gasteiger partial charge in [0.2, 0.25) is 0 Å². The van der Waals surface area contributed by atoms with Gasteiger partial charge in [0.1, 0.15) is 11.6 Å². The highest BCUT2D eigenvalue weighted by Crippen LogP contribution is 2.41. The van der Waals surface area contributed by atoms with Gasteiger partial charge in [-0.2, -0.15) is 0 Å². The lowest BCUT2D eigenvalue weighted by atomic mass is 9.73. The second-order valence-electron chi connectivity index (χ2n) is 7.13. The average molecular weight is 331 g/mol. The first kappa shape index (κ1) is 15.6. The molecule has 4 nitrogen and oxygen atoms in total.